The van der Waals surface area contributed by atoms with Crippen molar-refractivity contribution in [2.24, 2.45) is 0 Å². The van der Waals surface area contributed by atoms with Crippen molar-refractivity contribution in [3.8, 4) is 22.7 Å². The molecule has 0 amide bonds. The third-order valence-corrected chi connectivity index (χ3v) is 15.9. The van der Waals surface area contributed by atoms with E-state index in [-0.39, 0.29) is 6.71 Å². The van der Waals surface area contributed by atoms with Gasteiger partial charge in [0.2, 0.25) is 6.71 Å². The van der Waals surface area contributed by atoms with E-state index in [9.17, 15) is 0 Å². The molecule has 15 aromatic rings. The Kier molecular flexibility index (Phi) is 9.37. The number of aromatic nitrogens is 4. The summed E-state index contributed by atoms with van der Waals surface area (Å²) in [6.07, 6.45) is 0. The van der Waals surface area contributed by atoms with Gasteiger partial charge >= 0.3 is 0 Å². The normalized spacial score (nSPS) is 12.0. The van der Waals surface area contributed by atoms with Gasteiger partial charge in [0, 0.05) is 65.8 Å². The maximum atomic E-state index is 2.54. The summed E-state index contributed by atoms with van der Waals surface area (Å²) in [5, 5.41) is 9.99. The number of nitrogens with zero attached hydrogens (tertiary/aromatic N) is 4. The first kappa shape index (κ1) is 42.4. The first-order valence-electron chi connectivity index (χ1n) is 25.8. The molecule has 4 heterocycles. The smallest absolute Gasteiger partial charge is 0.242 e. The Morgan fingerprint density at radius 1 is 0.270 bits per heavy atom. The lowest BCUT2D eigenvalue weighted by molar-refractivity contribution is 1.17. The third kappa shape index (κ3) is 6.23. The van der Waals surface area contributed by atoms with Crippen LogP contribution in [0.5, 0.6) is 0 Å². The maximum Gasteiger partial charge on any atom is 0.242 e. The Bertz CT molecular complexity index is 4740. The fourth-order valence-electron chi connectivity index (χ4n) is 13.1. The molecule has 4 aromatic heterocycles. The first-order chi connectivity index (χ1) is 36.5. The zero-order valence-corrected chi connectivity index (χ0v) is 41.5. The molecule has 0 saturated carbocycles. The van der Waals surface area contributed by atoms with Crippen LogP contribution in [0.25, 0.3) is 110 Å². The highest BCUT2D eigenvalue weighted by atomic mass is 15.0. The van der Waals surface area contributed by atoms with E-state index >= 15 is 0 Å². The van der Waals surface area contributed by atoms with Crippen LogP contribution >= 0.6 is 0 Å². The number of aryl methyl sites for hydroxylation is 3. The molecule has 0 unspecified atom stereocenters. The van der Waals surface area contributed by atoms with Crippen LogP contribution in [0, 0.1) is 20.8 Å². The summed E-state index contributed by atoms with van der Waals surface area (Å²) in [7, 11) is 0. The van der Waals surface area contributed by atoms with Crippen LogP contribution in [-0.2, 0) is 0 Å². The molecule has 0 radical (unpaired) electrons. The number of hydrogen-bond acceptors (Lipinski definition) is 0. The van der Waals surface area contributed by atoms with Gasteiger partial charge in [0.1, 0.15) is 0 Å². The molecular weight excluding hydrogens is 896 g/mol. The average molecular weight is 945 g/mol. The van der Waals surface area contributed by atoms with E-state index in [0.717, 1.165) is 22.7 Å². The summed E-state index contributed by atoms with van der Waals surface area (Å²) >= 11 is 0. The number of hydrogen-bond donors (Lipinski definition) is 0. The zero-order chi connectivity index (χ0) is 49.2. The molecule has 0 spiro atoms. The van der Waals surface area contributed by atoms with Crippen molar-refractivity contribution in [1.29, 1.82) is 0 Å². The Hall–Kier alpha value is -9.32. The van der Waals surface area contributed by atoms with Crippen molar-refractivity contribution in [3.05, 3.63) is 259 Å². The van der Waals surface area contributed by atoms with Crippen LogP contribution in [0.2, 0.25) is 0 Å². The summed E-state index contributed by atoms with van der Waals surface area (Å²) in [6, 6.07) is 90.2. The van der Waals surface area contributed by atoms with Gasteiger partial charge in [-0.3, -0.25) is 0 Å². The van der Waals surface area contributed by atoms with Gasteiger partial charge in [-0.25, -0.2) is 0 Å². The molecule has 0 aliphatic heterocycles. The molecule has 0 atom stereocenters. The molecule has 0 saturated heterocycles. The summed E-state index contributed by atoms with van der Waals surface area (Å²) < 4.78 is 9.89. The van der Waals surface area contributed by atoms with Crippen LogP contribution in [0.3, 0.4) is 0 Å². The standard InChI is InChI=1S/C69H49BN4/c1-44-38-45(2)68(46(3)39-44)70(47-20-18-26-51(40-47)73-61-33-15-12-30-55(61)59-42-58-54-29-11-14-32-60(54)72(65(58)43-66(59)73)50-24-8-5-9-25-50)48-21-19-27-52(41-48)74-62-34-16-10-28-53(62)56-36-37-64-67(69(56)74)57-31-13-17-35-63(57)71(64)49-22-6-4-7-23-49/h4-43H,1-3H3. The van der Waals surface area contributed by atoms with Gasteiger partial charge in [0.05, 0.1) is 44.1 Å². The molecular formula is C69H49BN4. The van der Waals surface area contributed by atoms with E-state index < -0.39 is 0 Å². The minimum Gasteiger partial charge on any atom is -0.309 e. The average Bonchev–Trinajstić information content (AvgIpc) is 4.16. The van der Waals surface area contributed by atoms with Gasteiger partial charge in [0.25, 0.3) is 0 Å². The van der Waals surface area contributed by atoms with E-state index in [0.29, 0.717) is 0 Å². The van der Waals surface area contributed by atoms with Crippen molar-refractivity contribution >= 4 is 110 Å². The van der Waals surface area contributed by atoms with Crippen molar-refractivity contribution in [3.63, 3.8) is 0 Å². The highest BCUT2D eigenvalue weighted by Gasteiger charge is 2.28. The number of fused-ring (bicyclic) bond motifs is 13. The van der Waals surface area contributed by atoms with Crippen LogP contribution < -0.4 is 16.4 Å². The highest BCUT2D eigenvalue weighted by molar-refractivity contribution is 6.96. The van der Waals surface area contributed by atoms with Gasteiger partial charge in [-0.1, -0.05) is 185 Å². The SMILES string of the molecule is Cc1cc(C)c(B(c2cccc(-n3c4ccccc4c4cc5c6ccccc6n(-c6ccccc6)c5cc43)c2)c2cccc(-n3c4ccccc4c4ccc5c(c6ccccc6n5-c5ccccc5)c43)c2)c(C)c1. The van der Waals surface area contributed by atoms with Crippen molar-refractivity contribution in [2.75, 3.05) is 0 Å². The Morgan fingerprint density at radius 3 is 1.24 bits per heavy atom. The molecule has 74 heavy (non-hydrogen) atoms. The minimum atomic E-state index is -0.0657. The molecule has 4 nitrogen and oxygen atoms in total. The van der Waals surface area contributed by atoms with Gasteiger partial charge in [-0.2, -0.15) is 0 Å². The summed E-state index contributed by atoms with van der Waals surface area (Å²) in [4.78, 5) is 0. The van der Waals surface area contributed by atoms with E-state index in [1.807, 2.05) is 0 Å². The minimum absolute atomic E-state index is 0.0657. The largest absolute Gasteiger partial charge is 0.309 e. The molecule has 0 aliphatic rings. The van der Waals surface area contributed by atoms with E-state index in [2.05, 4.69) is 282 Å². The lowest BCUT2D eigenvalue weighted by atomic mass is 9.35. The highest BCUT2D eigenvalue weighted by Crippen LogP contribution is 2.43. The van der Waals surface area contributed by atoms with Gasteiger partial charge < -0.3 is 18.3 Å². The zero-order valence-electron chi connectivity index (χ0n) is 41.5. The molecule has 0 aliphatic carbocycles. The lowest BCUT2D eigenvalue weighted by Crippen LogP contribution is -2.54. The summed E-state index contributed by atoms with van der Waals surface area (Å²) in [5.74, 6) is 0. The third-order valence-electron chi connectivity index (χ3n) is 15.9. The monoisotopic (exact) mass is 944 g/mol. The molecule has 0 fully saturated rings. The Morgan fingerprint density at radius 2 is 0.689 bits per heavy atom. The number of para-hydroxylation sites is 6. The van der Waals surface area contributed by atoms with E-state index in [1.54, 1.807) is 0 Å². The van der Waals surface area contributed by atoms with Gasteiger partial charge in [-0.15, -0.1) is 0 Å². The van der Waals surface area contributed by atoms with Crippen LogP contribution in [0.1, 0.15) is 16.7 Å². The van der Waals surface area contributed by atoms with Crippen molar-refractivity contribution in [2.45, 2.75) is 20.8 Å². The molecule has 15 rings (SSSR count). The predicted octanol–water partition coefficient (Wildman–Crippen LogP) is 15.5. The van der Waals surface area contributed by atoms with Crippen LogP contribution in [0.4, 0.5) is 0 Å². The molecule has 0 N–H and O–H groups in total. The first-order valence-corrected chi connectivity index (χ1v) is 25.8. The van der Waals surface area contributed by atoms with E-state index in [4.69, 9.17) is 0 Å². The predicted molar refractivity (Wildman–Crippen MR) is 316 cm³/mol. The van der Waals surface area contributed by atoms with E-state index in [1.165, 1.54) is 120 Å². The second-order valence-corrected chi connectivity index (χ2v) is 20.3. The lowest BCUT2D eigenvalue weighted by Gasteiger charge is -2.23. The van der Waals surface area contributed by atoms with Crippen molar-refractivity contribution < 1.29 is 0 Å². The maximum absolute atomic E-state index is 2.54. The topological polar surface area (TPSA) is 19.7 Å². The number of benzene rings is 11. The number of rotatable bonds is 7. The fraction of sp³-hybridized carbons (Fsp3) is 0.0435. The van der Waals surface area contributed by atoms with Gasteiger partial charge in [0.15, 0.2) is 0 Å². The van der Waals surface area contributed by atoms with Crippen LogP contribution in [0.15, 0.2) is 243 Å². The molecule has 11 aromatic carbocycles. The molecule has 348 valence electrons. The molecule has 5 heteroatoms. The summed E-state index contributed by atoms with van der Waals surface area (Å²) in [6.45, 7) is 6.75. The van der Waals surface area contributed by atoms with Crippen LogP contribution in [-0.4, -0.2) is 25.0 Å². The Balaban J connectivity index is 0.971. The molecule has 0 bridgehead atoms. The van der Waals surface area contributed by atoms with Crippen molar-refractivity contribution in [1.82, 2.24) is 18.3 Å². The second-order valence-electron chi connectivity index (χ2n) is 20.3. The summed E-state index contributed by atoms with van der Waals surface area (Å²) in [5.41, 5.74) is 21.9. The second kappa shape index (κ2) is 16.4. The Labute approximate surface area is 429 Å². The quantitative estimate of drug-likeness (QED) is 0.142. The fourth-order valence-corrected chi connectivity index (χ4v) is 13.1. The van der Waals surface area contributed by atoms with Gasteiger partial charge in [-0.05, 0) is 112 Å².